The molecule has 1 aromatic heterocycles. The van der Waals surface area contributed by atoms with Crippen molar-refractivity contribution in [1.29, 1.82) is 0 Å². The Bertz CT molecular complexity index is 918. The Morgan fingerprint density at radius 3 is 2.69 bits per heavy atom. The molecule has 0 radical (unpaired) electrons. The van der Waals surface area contributed by atoms with Gasteiger partial charge in [-0.1, -0.05) is 38.1 Å². The van der Waals surface area contributed by atoms with E-state index in [-0.39, 0.29) is 18.1 Å². The van der Waals surface area contributed by atoms with Gasteiger partial charge in [-0.15, -0.1) is 0 Å². The fraction of sp³-hybridized carbons (Fsp3) is 0.478. The Morgan fingerprint density at radius 2 is 2.00 bits per heavy atom. The minimum Gasteiger partial charge on any atom is -0.502 e. The third-order valence-corrected chi connectivity index (χ3v) is 5.36. The molecule has 0 saturated heterocycles. The van der Waals surface area contributed by atoms with E-state index in [1.54, 1.807) is 0 Å². The number of ether oxygens (including phenoxy) is 1. The molecule has 1 aliphatic heterocycles. The van der Waals surface area contributed by atoms with Gasteiger partial charge in [-0.2, -0.15) is 0 Å². The highest BCUT2D eigenvalue weighted by Crippen LogP contribution is 2.33. The number of fused-ring (bicyclic) bond motifs is 1. The van der Waals surface area contributed by atoms with Crippen molar-refractivity contribution < 1.29 is 19.1 Å². The average Bonchev–Trinajstić information content (AvgIpc) is 2.69. The van der Waals surface area contributed by atoms with Gasteiger partial charge in [0.1, 0.15) is 5.76 Å². The molecule has 156 valence electrons. The summed E-state index contributed by atoms with van der Waals surface area (Å²) >= 11 is 0. The number of esters is 1. The smallest absolute Gasteiger partial charge is 0.306 e. The Kier molecular flexibility index (Phi) is 6.75. The fourth-order valence-electron chi connectivity index (χ4n) is 3.96. The Labute approximate surface area is 171 Å². The molecule has 6 heteroatoms. The highest BCUT2D eigenvalue weighted by molar-refractivity contribution is 5.70. The minimum atomic E-state index is -0.475. The molecule has 0 amide bonds. The van der Waals surface area contributed by atoms with Gasteiger partial charge in [0.15, 0.2) is 5.76 Å². The quantitative estimate of drug-likeness (QED) is 0.717. The van der Waals surface area contributed by atoms with Crippen LogP contribution < -0.4 is 5.43 Å². The summed E-state index contributed by atoms with van der Waals surface area (Å²) < 4.78 is 10.8. The number of aromatic hydroxyl groups is 1. The zero-order valence-corrected chi connectivity index (χ0v) is 17.3. The number of nitrogens with zero attached hydrogens (tertiary/aromatic N) is 1. The summed E-state index contributed by atoms with van der Waals surface area (Å²) in [6.07, 6.45) is 1.61. The third kappa shape index (κ3) is 5.26. The molecule has 3 rings (SSSR count). The molecule has 1 unspecified atom stereocenters. The van der Waals surface area contributed by atoms with Gasteiger partial charge in [0, 0.05) is 25.1 Å². The molecule has 1 N–H and O–H groups in total. The molecule has 1 aliphatic rings. The van der Waals surface area contributed by atoms with Crippen molar-refractivity contribution in [1.82, 2.24) is 4.90 Å². The Morgan fingerprint density at radius 1 is 1.28 bits per heavy atom. The first kappa shape index (κ1) is 21.1. The van der Waals surface area contributed by atoms with Gasteiger partial charge >= 0.3 is 5.97 Å². The number of carbonyl (C=O) groups excluding carboxylic acids is 1. The lowest BCUT2D eigenvalue weighted by Crippen LogP contribution is -2.30. The zero-order chi connectivity index (χ0) is 21.0. The van der Waals surface area contributed by atoms with Crippen molar-refractivity contribution >= 4 is 5.97 Å². The molecule has 29 heavy (non-hydrogen) atoms. The molecule has 2 heterocycles. The normalized spacial score (nSPS) is 15.2. The first-order valence-corrected chi connectivity index (χ1v) is 10.1. The highest BCUT2D eigenvalue weighted by Gasteiger charge is 2.26. The molecule has 0 saturated carbocycles. The van der Waals surface area contributed by atoms with E-state index in [4.69, 9.17) is 9.15 Å². The van der Waals surface area contributed by atoms with Crippen LogP contribution in [0.25, 0.3) is 0 Å². The monoisotopic (exact) mass is 399 g/mol. The standard InChI is InChI=1S/C23H29NO5/c1-15(2)10-18(11-21(26)28-3)23-22(27)20(25)12-19(29-23)14-24-9-8-16-6-4-5-7-17(16)13-24/h4-7,12,15,18,27H,8-11,13-14H2,1-3H3. The molecule has 0 fully saturated rings. The second-order valence-electron chi connectivity index (χ2n) is 8.13. The summed E-state index contributed by atoms with van der Waals surface area (Å²) in [5.74, 6) is -0.262. The molecule has 0 bridgehead atoms. The molecule has 2 aromatic rings. The maximum atomic E-state index is 12.4. The summed E-state index contributed by atoms with van der Waals surface area (Å²) in [6, 6.07) is 9.70. The van der Waals surface area contributed by atoms with E-state index in [1.807, 2.05) is 19.9 Å². The molecule has 1 aromatic carbocycles. The summed E-state index contributed by atoms with van der Waals surface area (Å²) in [4.78, 5) is 26.5. The lowest BCUT2D eigenvalue weighted by Gasteiger charge is -2.28. The van der Waals surface area contributed by atoms with Crippen molar-refractivity contribution in [3.8, 4) is 5.75 Å². The van der Waals surface area contributed by atoms with Crippen LogP contribution in [-0.4, -0.2) is 29.6 Å². The van der Waals surface area contributed by atoms with Gasteiger partial charge in [-0.05, 0) is 29.9 Å². The average molecular weight is 399 g/mol. The molecular weight excluding hydrogens is 370 g/mol. The van der Waals surface area contributed by atoms with Crippen LogP contribution in [0.15, 0.2) is 39.5 Å². The predicted octanol–water partition coefficient (Wildman–Crippen LogP) is 3.60. The van der Waals surface area contributed by atoms with Crippen LogP contribution in [0.2, 0.25) is 0 Å². The van der Waals surface area contributed by atoms with Gasteiger partial charge in [-0.25, -0.2) is 0 Å². The van der Waals surface area contributed by atoms with Gasteiger partial charge in [0.2, 0.25) is 11.2 Å². The number of benzene rings is 1. The summed E-state index contributed by atoms with van der Waals surface area (Å²) in [6.45, 7) is 6.18. The van der Waals surface area contributed by atoms with Gasteiger partial charge in [0.25, 0.3) is 0 Å². The van der Waals surface area contributed by atoms with Crippen molar-refractivity contribution in [3.05, 3.63) is 63.2 Å². The minimum absolute atomic E-state index is 0.0612. The van der Waals surface area contributed by atoms with Crippen LogP contribution in [0.1, 0.15) is 55.3 Å². The van der Waals surface area contributed by atoms with Gasteiger partial charge in [0.05, 0.1) is 20.1 Å². The van der Waals surface area contributed by atoms with Crippen LogP contribution in [0.5, 0.6) is 5.75 Å². The van der Waals surface area contributed by atoms with E-state index in [0.717, 1.165) is 19.5 Å². The lowest BCUT2D eigenvalue weighted by molar-refractivity contribution is -0.141. The first-order chi connectivity index (χ1) is 13.9. The molecule has 0 aliphatic carbocycles. The second-order valence-corrected chi connectivity index (χ2v) is 8.13. The van der Waals surface area contributed by atoms with Gasteiger partial charge < -0.3 is 14.3 Å². The zero-order valence-electron chi connectivity index (χ0n) is 17.3. The van der Waals surface area contributed by atoms with Crippen LogP contribution in [0.3, 0.4) is 0 Å². The number of carbonyl (C=O) groups is 1. The van der Waals surface area contributed by atoms with E-state index in [0.29, 0.717) is 18.7 Å². The largest absolute Gasteiger partial charge is 0.502 e. The number of hydrogen-bond donors (Lipinski definition) is 1. The predicted molar refractivity (Wildman–Crippen MR) is 110 cm³/mol. The van der Waals surface area contributed by atoms with Crippen LogP contribution in [-0.2, 0) is 29.0 Å². The fourth-order valence-corrected chi connectivity index (χ4v) is 3.96. The van der Waals surface area contributed by atoms with E-state index >= 15 is 0 Å². The van der Waals surface area contributed by atoms with E-state index < -0.39 is 23.1 Å². The van der Waals surface area contributed by atoms with Crippen molar-refractivity contribution in [2.24, 2.45) is 5.92 Å². The summed E-state index contributed by atoms with van der Waals surface area (Å²) in [5.41, 5.74) is 2.16. The Balaban J connectivity index is 1.84. The van der Waals surface area contributed by atoms with E-state index in [2.05, 4.69) is 23.1 Å². The second kappa shape index (κ2) is 9.27. The number of hydrogen-bond acceptors (Lipinski definition) is 6. The van der Waals surface area contributed by atoms with Crippen LogP contribution in [0.4, 0.5) is 0 Å². The SMILES string of the molecule is COC(=O)CC(CC(C)C)c1oc(CN2CCc3ccccc3C2)cc(=O)c1O. The topological polar surface area (TPSA) is 80.0 Å². The third-order valence-electron chi connectivity index (χ3n) is 5.36. The molecule has 6 nitrogen and oxygen atoms in total. The number of rotatable bonds is 7. The summed E-state index contributed by atoms with van der Waals surface area (Å²) in [5, 5.41) is 10.4. The van der Waals surface area contributed by atoms with E-state index in [1.165, 1.54) is 24.3 Å². The maximum absolute atomic E-state index is 12.4. The highest BCUT2D eigenvalue weighted by atomic mass is 16.5. The van der Waals surface area contributed by atoms with Crippen molar-refractivity contribution in [2.45, 2.75) is 52.1 Å². The Hall–Kier alpha value is -2.60. The summed E-state index contributed by atoms with van der Waals surface area (Å²) in [7, 11) is 1.33. The van der Waals surface area contributed by atoms with Gasteiger partial charge in [-0.3, -0.25) is 14.5 Å². The van der Waals surface area contributed by atoms with Crippen molar-refractivity contribution in [2.75, 3.05) is 13.7 Å². The maximum Gasteiger partial charge on any atom is 0.306 e. The van der Waals surface area contributed by atoms with Crippen molar-refractivity contribution in [3.63, 3.8) is 0 Å². The van der Waals surface area contributed by atoms with Crippen LogP contribution in [0, 0.1) is 5.92 Å². The number of methoxy groups -OCH3 is 1. The molecular formula is C23H29NO5. The molecule has 0 spiro atoms. The lowest BCUT2D eigenvalue weighted by atomic mass is 9.91. The first-order valence-electron chi connectivity index (χ1n) is 10.1. The molecule has 1 atom stereocenters. The van der Waals surface area contributed by atoms with E-state index in [9.17, 15) is 14.7 Å². The van der Waals surface area contributed by atoms with Crippen LogP contribution >= 0.6 is 0 Å².